The predicted molar refractivity (Wildman–Crippen MR) is 121 cm³/mol. The minimum Gasteiger partial charge on any atom is -0.396 e. The van der Waals surface area contributed by atoms with Gasteiger partial charge in [0.2, 0.25) is 11.8 Å². The number of carbonyl (C=O) groups excluding carboxylic acids is 2. The Labute approximate surface area is 183 Å². The Morgan fingerprint density at radius 3 is 1.86 bits per heavy atom. The van der Waals surface area contributed by atoms with E-state index in [4.69, 9.17) is 27.5 Å². The van der Waals surface area contributed by atoms with Crippen molar-refractivity contribution >= 4 is 23.4 Å². The van der Waals surface area contributed by atoms with E-state index in [0.29, 0.717) is 44.8 Å². The van der Waals surface area contributed by atoms with Crippen LogP contribution in [-0.2, 0) is 9.59 Å². The quantitative estimate of drug-likeness (QED) is 0.310. The van der Waals surface area contributed by atoms with Gasteiger partial charge >= 0.3 is 0 Å². The Hall–Kier alpha value is -0.850. The normalized spacial score (nSPS) is 18.4. The van der Waals surface area contributed by atoms with E-state index in [0.717, 1.165) is 11.8 Å². The number of rotatable bonds is 10. The standard InChI is InChI=1S/C10H18N2O3.C8H17Cl.C4H10O/c11-9(14)7-1-3-8(4-2-7)10(15)12-5-6-13;1-8(2)6-4-3-5-7-9;1-4(2)3-5/h7-8,13H,1-6H2,(H2,11,14)(H,12,15);8H,3-7H2,1-2H3;4-5H,3H2,1-2H3. The van der Waals surface area contributed by atoms with Crippen molar-refractivity contribution in [3.63, 3.8) is 0 Å². The molecule has 0 aromatic rings. The van der Waals surface area contributed by atoms with Gasteiger partial charge in [0.05, 0.1) is 6.61 Å². The number of aliphatic hydroxyl groups excluding tert-OH is 2. The van der Waals surface area contributed by atoms with E-state index >= 15 is 0 Å². The molecule has 0 aromatic heterocycles. The van der Waals surface area contributed by atoms with Crippen molar-refractivity contribution in [3.05, 3.63) is 0 Å². The van der Waals surface area contributed by atoms with Crippen LogP contribution in [0.5, 0.6) is 0 Å². The van der Waals surface area contributed by atoms with Gasteiger partial charge in [-0.25, -0.2) is 0 Å². The van der Waals surface area contributed by atoms with E-state index in [1.165, 1.54) is 25.7 Å². The van der Waals surface area contributed by atoms with Gasteiger partial charge in [-0.2, -0.15) is 0 Å². The highest BCUT2D eigenvalue weighted by atomic mass is 35.5. The van der Waals surface area contributed by atoms with E-state index in [1.807, 2.05) is 13.8 Å². The summed E-state index contributed by atoms with van der Waals surface area (Å²) < 4.78 is 0. The van der Waals surface area contributed by atoms with E-state index < -0.39 is 0 Å². The van der Waals surface area contributed by atoms with Crippen molar-refractivity contribution in [2.24, 2.45) is 29.4 Å². The van der Waals surface area contributed by atoms with Crippen molar-refractivity contribution in [1.29, 1.82) is 0 Å². The summed E-state index contributed by atoms with van der Waals surface area (Å²) in [4.78, 5) is 22.4. The van der Waals surface area contributed by atoms with Gasteiger partial charge in [0, 0.05) is 30.9 Å². The highest BCUT2D eigenvalue weighted by molar-refractivity contribution is 6.17. The second-order valence-electron chi connectivity index (χ2n) is 8.47. The van der Waals surface area contributed by atoms with Crippen molar-refractivity contribution in [2.75, 3.05) is 25.6 Å². The molecule has 174 valence electrons. The highest BCUT2D eigenvalue weighted by Gasteiger charge is 2.28. The summed E-state index contributed by atoms with van der Waals surface area (Å²) >= 11 is 5.52. The number of hydrogen-bond acceptors (Lipinski definition) is 4. The van der Waals surface area contributed by atoms with E-state index in [1.54, 1.807) is 0 Å². The number of halogens is 1. The molecule has 0 atom stereocenters. The first-order chi connectivity index (χ1) is 13.7. The summed E-state index contributed by atoms with van der Waals surface area (Å²) in [7, 11) is 0. The predicted octanol–water partition coefficient (Wildman–Crippen LogP) is 3.46. The molecule has 0 aliphatic heterocycles. The maximum Gasteiger partial charge on any atom is 0.223 e. The summed E-state index contributed by atoms with van der Waals surface area (Å²) in [5.41, 5.74) is 5.20. The van der Waals surface area contributed by atoms with Crippen LogP contribution in [0.3, 0.4) is 0 Å². The number of nitrogens with two attached hydrogens (primary N) is 1. The van der Waals surface area contributed by atoms with Crippen LogP contribution in [0.15, 0.2) is 0 Å². The summed E-state index contributed by atoms with van der Waals surface area (Å²) in [5, 5.41) is 19.3. The Bertz CT molecular complexity index is 398. The van der Waals surface area contributed by atoms with Crippen molar-refractivity contribution in [1.82, 2.24) is 5.32 Å². The lowest BCUT2D eigenvalue weighted by Crippen LogP contribution is -2.36. The van der Waals surface area contributed by atoms with Crippen molar-refractivity contribution < 1.29 is 19.8 Å². The molecule has 0 aromatic carbocycles. The van der Waals surface area contributed by atoms with Crippen LogP contribution in [0.4, 0.5) is 0 Å². The smallest absolute Gasteiger partial charge is 0.223 e. The van der Waals surface area contributed by atoms with Gasteiger partial charge in [-0.15, -0.1) is 11.6 Å². The molecular formula is C22H45ClN2O4. The lowest BCUT2D eigenvalue weighted by Gasteiger charge is -2.25. The number of nitrogens with one attached hydrogen (secondary N) is 1. The first kappa shape index (κ1) is 30.3. The van der Waals surface area contributed by atoms with E-state index in [9.17, 15) is 9.59 Å². The molecule has 1 rings (SSSR count). The monoisotopic (exact) mass is 436 g/mol. The third-order valence-electron chi connectivity index (χ3n) is 4.69. The summed E-state index contributed by atoms with van der Waals surface area (Å²) in [6.07, 6.45) is 8.03. The fourth-order valence-electron chi connectivity index (χ4n) is 2.79. The molecule has 7 heteroatoms. The van der Waals surface area contributed by atoms with Crippen LogP contribution >= 0.6 is 11.6 Å². The van der Waals surface area contributed by atoms with Crippen LogP contribution in [0.2, 0.25) is 0 Å². The van der Waals surface area contributed by atoms with Gasteiger partial charge < -0.3 is 21.3 Å². The molecule has 6 nitrogen and oxygen atoms in total. The number of primary amides is 1. The van der Waals surface area contributed by atoms with E-state index in [2.05, 4.69) is 19.2 Å². The number of alkyl halides is 1. The summed E-state index contributed by atoms with van der Waals surface area (Å²) in [5.74, 6) is 1.77. The third kappa shape index (κ3) is 20.2. The highest BCUT2D eigenvalue weighted by Crippen LogP contribution is 2.28. The average molecular weight is 437 g/mol. The van der Waals surface area contributed by atoms with Crippen LogP contribution in [0, 0.1) is 23.7 Å². The molecule has 0 heterocycles. The molecule has 0 bridgehead atoms. The second-order valence-corrected chi connectivity index (χ2v) is 8.85. The zero-order valence-corrected chi connectivity index (χ0v) is 19.7. The fraction of sp³-hybridized carbons (Fsp3) is 0.909. The first-order valence-electron chi connectivity index (χ1n) is 11.0. The maximum atomic E-state index is 11.5. The molecule has 1 saturated carbocycles. The number of aliphatic hydroxyl groups is 2. The number of amides is 2. The lowest BCUT2D eigenvalue weighted by molar-refractivity contribution is -0.129. The molecule has 29 heavy (non-hydrogen) atoms. The number of hydrogen-bond donors (Lipinski definition) is 4. The lowest BCUT2D eigenvalue weighted by atomic mass is 9.81. The average Bonchev–Trinajstić information content (AvgIpc) is 2.70. The molecule has 0 radical (unpaired) electrons. The van der Waals surface area contributed by atoms with Crippen LogP contribution in [0.1, 0.15) is 79.1 Å². The summed E-state index contributed by atoms with van der Waals surface area (Å²) in [6, 6.07) is 0. The molecule has 2 amide bonds. The van der Waals surface area contributed by atoms with Crippen LogP contribution in [-0.4, -0.2) is 47.7 Å². The van der Waals surface area contributed by atoms with Gasteiger partial charge in [0.1, 0.15) is 0 Å². The molecule has 0 unspecified atom stereocenters. The first-order valence-corrected chi connectivity index (χ1v) is 11.6. The van der Waals surface area contributed by atoms with Crippen molar-refractivity contribution in [3.8, 4) is 0 Å². The largest absolute Gasteiger partial charge is 0.396 e. The van der Waals surface area contributed by atoms with Crippen LogP contribution in [0.25, 0.3) is 0 Å². The summed E-state index contributed by atoms with van der Waals surface area (Å²) in [6.45, 7) is 9.04. The molecular weight excluding hydrogens is 392 g/mol. The molecule has 1 fully saturated rings. The molecule has 0 spiro atoms. The Kier molecular flexibility index (Phi) is 21.4. The Balaban J connectivity index is 0. The zero-order valence-electron chi connectivity index (χ0n) is 19.0. The minimum atomic E-state index is -0.260. The Morgan fingerprint density at radius 2 is 1.48 bits per heavy atom. The fourth-order valence-corrected chi connectivity index (χ4v) is 2.98. The zero-order chi connectivity index (χ0) is 22.7. The van der Waals surface area contributed by atoms with Crippen molar-refractivity contribution in [2.45, 2.75) is 79.1 Å². The van der Waals surface area contributed by atoms with E-state index in [-0.39, 0.29) is 30.3 Å². The van der Waals surface area contributed by atoms with Gasteiger partial charge in [0.15, 0.2) is 0 Å². The van der Waals surface area contributed by atoms with Gasteiger partial charge in [-0.05, 0) is 43.9 Å². The van der Waals surface area contributed by atoms with Gasteiger partial charge in [-0.1, -0.05) is 47.0 Å². The SMILES string of the molecule is CC(C)CCCCCCl.CC(C)CO.NC(=O)C1CCC(C(=O)NCCO)CC1. The molecule has 0 saturated heterocycles. The second kappa shape index (κ2) is 20.4. The number of unbranched alkanes of at least 4 members (excludes halogenated alkanes) is 2. The van der Waals surface area contributed by atoms with Gasteiger partial charge in [-0.3, -0.25) is 9.59 Å². The Morgan fingerprint density at radius 1 is 0.966 bits per heavy atom. The van der Waals surface area contributed by atoms with Crippen LogP contribution < -0.4 is 11.1 Å². The third-order valence-corrected chi connectivity index (χ3v) is 4.96. The topological polar surface area (TPSA) is 113 Å². The van der Waals surface area contributed by atoms with Gasteiger partial charge in [0.25, 0.3) is 0 Å². The maximum absolute atomic E-state index is 11.5. The molecule has 5 N–H and O–H groups in total. The minimum absolute atomic E-state index is 0.0212. The molecule has 1 aliphatic carbocycles. The number of carbonyl (C=O) groups is 2. The molecule has 1 aliphatic rings.